The molecule has 4 N–H and O–H groups in total. The van der Waals surface area contributed by atoms with Crippen LogP contribution in [0.4, 0.5) is 11.4 Å². The van der Waals surface area contributed by atoms with Crippen LogP contribution in [0.3, 0.4) is 0 Å². The molecule has 1 amide bonds. The molecule has 0 saturated heterocycles. The lowest BCUT2D eigenvalue weighted by Gasteiger charge is -2.07. The van der Waals surface area contributed by atoms with Crippen LogP contribution in [0.1, 0.15) is 12.0 Å². The molecule has 16 heavy (non-hydrogen) atoms. The highest BCUT2D eigenvalue weighted by atomic mass is 32.2. The van der Waals surface area contributed by atoms with Crippen molar-refractivity contribution in [2.24, 2.45) is 0 Å². The van der Waals surface area contributed by atoms with Gasteiger partial charge in [0.2, 0.25) is 5.91 Å². The normalized spacial score (nSPS) is 13.7. The minimum absolute atomic E-state index is 0.0203. The molecule has 0 aromatic heterocycles. The van der Waals surface area contributed by atoms with Crippen LogP contribution >= 0.6 is 11.8 Å². The van der Waals surface area contributed by atoms with E-state index in [1.165, 1.54) is 0 Å². The Labute approximate surface area is 98.2 Å². The molecular formula is C11H14N2O2S. The summed E-state index contributed by atoms with van der Waals surface area (Å²) in [7, 11) is 0. The second kappa shape index (κ2) is 4.76. The van der Waals surface area contributed by atoms with Gasteiger partial charge in [0.05, 0.1) is 6.42 Å². The highest BCUT2D eigenvalue weighted by Crippen LogP contribution is 2.34. The fraction of sp³-hybridized carbons (Fsp3) is 0.364. The van der Waals surface area contributed by atoms with Crippen LogP contribution in [0.25, 0.3) is 0 Å². The Morgan fingerprint density at radius 1 is 1.50 bits per heavy atom. The summed E-state index contributed by atoms with van der Waals surface area (Å²) in [5.74, 6) is 0.847. The maximum absolute atomic E-state index is 11.2. The molecule has 1 aliphatic rings. The number of nitrogens with one attached hydrogen (secondary N) is 1. The van der Waals surface area contributed by atoms with Crippen LogP contribution in [-0.2, 0) is 11.2 Å². The smallest absolute Gasteiger partial charge is 0.228 e. The summed E-state index contributed by atoms with van der Waals surface area (Å²) >= 11 is 1.60. The van der Waals surface area contributed by atoms with Gasteiger partial charge in [0.15, 0.2) is 0 Å². The molecule has 2 rings (SSSR count). The minimum Gasteiger partial charge on any atom is -0.398 e. The molecule has 0 spiro atoms. The van der Waals surface area contributed by atoms with E-state index in [0.717, 1.165) is 28.3 Å². The van der Waals surface area contributed by atoms with E-state index in [4.69, 9.17) is 10.8 Å². The largest absolute Gasteiger partial charge is 0.398 e. The summed E-state index contributed by atoms with van der Waals surface area (Å²) in [6.07, 6.45) is 1.16. The van der Waals surface area contributed by atoms with Crippen LogP contribution in [0.2, 0.25) is 0 Å². The Morgan fingerprint density at radius 2 is 2.31 bits per heavy atom. The van der Waals surface area contributed by atoms with Gasteiger partial charge in [-0.25, -0.2) is 0 Å². The number of thioether (sulfide) groups is 1. The Morgan fingerprint density at radius 3 is 3.06 bits per heavy atom. The van der Waals surface area contributed by atoms with Gasteiger partial charge in [0, 0.05) is 28.6 Å². The third-order valence-electron chi connectivity index (χ3n) is 2.42. The zero-order valence-corrected chi connectivity index (χ0v) is 9.64. The maximum atomic E-state index is 11.2. The lowest BCUT2D eigenvalue weighted by Crippen LogP contribution is -2.03. The van der Waals surface area contributed by atoms with Gasteiger partial charge in [-0.2, -0.15) is 0 Å². The predicted octanol–water partition coefficient (Wildman–Crippen LogP) is 1.24. The fourth-order valence-electron chi connectivity index (χ4n) is 1.65. The van der Waals surface area contributed by atoms with Crippen molar-refractivity contribution in [3.8, 4) is 0 Å². The molecule has 0 fully saturated rings. The summed E-state index contributed by atoms with van der Waals surface area (Å²) in [5, 5.41) is 11.5. The third kappa shape index (κ3) is 2.31. The molecule has 5 heteroatoms. The van der Waals surface area contributed by atoms with Crippen molar-refractivity contribution >= 4 is 29.0 Å². The van der Waals surface area contributed by atoms with Crippen molar-refractivity contribution in [3.63, 3.8) is 0 Å². The van der Waals surface area contributed by atoms with E-state index in [-0.39, 0.29) is 12.5 Å². The number of aliphatic hydroxyl groups is 1. The first-order valence-corrected chi connectivity index (χ1v) is 6.15. The lowest BCUT2D eigenvalue weighted by atomic mass is 10.1. The number of nitrogen functional groups attached to an aromatic ring is 1. The highest BCUT2D eigenvalue weighted by Gasteiger charge is 2.19. The lowest BCUT2D eigenvalue weighted by molar-refractivity contribution is -0.115. The Balaban J connectivity index is 2.15. The van der Waals surface area contributed by atoms with Crippen LogP contribution < -0.4 is 11.1 Å². The number of hydrogen-bond acceptors (Lipinski definition) is 4. The van der Waals surface area contributed by atoms with Crippen molar-refractivity contribution in [1.82, 2.24) is 0 Å². The summed E-state index contributed by atoms with van der Waals surface area (Å²) in [6, 6.07) is 3.77. The molecule has 1 heterocycles. The van der Waals surface area contributed by atoms with Crippen molar-refractivity contribution in [3.05, 3.63) is 17.7 Å². The van der Waals surface area contributed by atoms with E-state index < -0.39 is 0 Å². The first-order chi connectivity index (χ1) is 7.70. The molecule has 0 aliphatic carbocycles. The van der Waals surface area contributed by atoms with Crippen molar-refractivity contribution in [2.75, 3.05) is 23.4 Å². The molecule has 0 unspecified atom stereocenters. The summed E-state index contributed by atoms with van der Waals surface area (Å²) in [5.41, 5.74) is 8.44. The average Bonchev–Trinajstić information content (AvgIpc) is 2.58. The Kier molecular flexibility index (Phi) is 3.36. The van der Waals surface area contributed by atoms with E-state index >= 15 is 0 Å². The number of amides is 1. The number of rotatable bonds is 4. The van der Waals surface area contributed by atoms with E-state index in [1.807, 2.05) is 12.1 Å². The fourth-order valence-corrected chi connectivity index (χ4v) is 2.57. The maximum Gasteiger partial charge on any atom is 0.228 e. The Hall–Kier alpha value is -1.20. The number of anilines is 2. The molecule has 4 nitrogen and oxygen atoms in total. The van der Waals surface area contributed by atoms with E-state index in [1.54, 1.807) is 11.8 Å². The van der Waals surface area contributed by atoms with Gasteiger partial charge in [0.25, 0.3) is 0 Å². The van der Waals surface area contributed by atoms with E-state index in [2.05, 4.69) is 5.32 Å². The van der Waals surface area contributed by atoms with Crippen LogP contribution in [0.5, 0.6) is 0 Å². The molecule has 0 saturated carbocycles. The first kappa shape index (κ1) is 11.3. The quantitative estimate of drug-likeness (QED) is 0.419. The van der Waals surface area contributed by atoms with Crippen LogP contribution in [0, 0.1) is 0 Å². The van der Waals surface area contributed by atoms with Crippen molar-refractivity contribution < 1.29 is 9.90 Å². The molecule has 1 aliphatic heterocycles. The monoisotopic (exact) mass is 238 g/mol. The summed E-state index contributed by atoms with van der Waals surface area (Å²) < 4.78 is 0. The summed E-state index contributed by atoms with van der Waals surface area (Å²) in [6.45, 7) is 0.189. The van der Waals surface area contributed by atoms with Gasteiger partial charge in [-0.05, 0) is 24.1 Å². The van der Waals surface area contributed by atoms with Gasteiger partial charge in [-0.3, -0.25) is 4.79 Å². The van der Waals surface area contributed by atoms with E-state index in [9.17, 15) is 4.79 Å². The number of hydrogen-bond donors (Lipinski definition) is 3. The molecule has 1 aromatic rings. The second-order valence-corrected chi connectivity index (χ2v) is 4.83. The van der Waals surface area contributed by atoms with E-state index in [0.29, 0.717) is 12.1 Å². The van der Waals surface area contributed by atoms with Crippen LogP contribution in [0.15, 0.2) is 17.0 Å². The highest BCUT2D eigenvalue weighted by molar-refractivity contribution is 7.99. The molecule has 0 radical (unpaired) electrons. The number of nitrogens with two attached hydrogens (primary N) is 1. The standard InChI is InChI=1S/C11H14N2O2S/c12-8-4-7-5-11(15)13-9(7)6-10(8)16-3-1-2-14/h4,6,14H,1-3,5,12H2,(H,13,15). The molecule has 0 atom stereocenters. The predicted molar refractivity (Wildman–Crippen MR) is 65.6 cm³/mol. The minimum atomic E-state index is 0.0203. The molecular weight excluding hydrogens is 224 g/mol. The SMILES string of the molecule is Nc1cc2c(cc1SCCCO)NC(=O)C2. The summed E-state index contributed by atoms with van der Waals surface area (Å²) in [4.78, 5) is 12.2. The van der Waals surface area contributed by atoms with Gasteiger partial charge >= 0.3 is 0 Å². The van der Waals surface area contributed by atoms with Gasteiger partial charge in [0.1, 0.15) is 0 Å². The van der Waals surface area contributed by atoms with Crippen molar-refractivity contribution in [2.45, 2.75) is 17.7 Å². The van der Waals surface area contributed by atoms with Gasteiger partial charge in [-0.1, -0.05) is 0 Å². The zero-order valence-electron chi connectivity index (χ0n) is 8.82. The number of fused-ring (bicyclic) bond motifs is 1. The topological polar surface area (TPSA) is 75.3 Å². The van der Waals surface area contributed by atoms with Gasteiger partial charge in [-0.15, -0.1) is 11.8 Å². The first-order valence-electron chi connectivity index (χ1n) is 5.16. The molecule has 86 valence electrons. The van der Waals surface area contributed by atoms with Crippen LogP contribution in [-0.4, -0.2) is 23.4 Å². The number of carbonyl (C=O) groups excluding carboxylic acids is 1. The molecule has 1 aromatic carbocycles. The Bertz CT molecular complexity index is 421. The average molecular weight is 238 g/mol. The zero-order chi connectivity index (χ0) is 11.5. The second-order valence-electron chi connectivity index (χ2n) is 3.70. The number of carbonyl (C=O) groups is 1. The van der Waals surface area contributed by atoms with Gasteiger partial charge < -0.3 is 16.2 Å². The number of aliphatic hydroxyl groups excluding tert-OH is 1. The molecule has 0 bridgehead atoms. The third-order valence-corrected chi connectivity index (χ3v) is 3.58. The van der Waals surface area contributed by atoms with Crippen molar-refractivity contribution in [1.29, 1.82) is 0 Å². The number of benzene rings is 1.